The van der Waals surface area contributed by atoms with E-state index in [9.17, 15) is 9.59 Å². The summed E-state index contributed by atoms with van der Waals surface area (Å²) in [6.07, 6.45) is 3.22. The maximum absolute atomic E-state index is 12.6. The molecule has 8 heteroatoms. The third-order valence-corrected chi connectivity index (χ3v) is 4.53. The molecule has 0 aliphatic carbocycles. The molecule has 0 fully saturated rings. The van der Waals surface area contributed by atoms with Crippen LogP contribution in [0.1, 0.15) is 33.1 Å². The van der Waals surface area contributed by atoms with Gasteiger partial charge < -0.3 is 19.1 Å². The first kappa shape index (κ1) is 20.9. The van der Waals surface area contributed by atoms with Gasteiger partial charge >= 0.3 is 5.97 Å². The van der Waals surface area contributed by atoms with E-state index in [0.717, 1.165) is 22.7 Å². The summed E-state index contributed by atoms with van der Waals surface area (Å²) in [4.78, 5) is 23.3. The lowest BCUT2D eigenvalue weighted by molar-refractivity contribution is -0.139. The molecule has 0 spiro atoms. The lowest BCUT2D eigenvalue weighted by Crippen LogP contribution is -2.10. The Kier molecular flexibility index (Phi) is 6.06. The second-order valence-corrected chi connectivity index (χ2v) is 6.70. The molecule has 2 heterocycles. The Morgan fingerprint density at radius 2 is 1.93 bits per heavy atom. The number of rotatable bonds is 8. The van der Waals surface area contributed by atoms with E-state index in [1.54, 1.807) is 12.1 Å². The summed E-state index contributed by atoms with van der Waals surface area (Å²) >= 11 is 0. The Labute approximate surface area is 173 Å². The zero-order chi connectivity index (χ0) is 21.8. The highest BCUT2D eigenvalue weighted by molar-refractivity contribution is 6.07. The number of hydrogen-bond donors (Lipinski definition) is 1. The lowest BCUT2D eigenvalue weighted by atomic mass is 10.1. The summed E-state index contributed by atoms with van der Waals surface area (Å²) in [5.74, 6) is 0.630. The van der Waals surface area contributed by atoms with Gasteiger partial charge in [0.25, 0.3) is 0 Å². The average Bonchev–Trinajstić information content (AvgIpc) is 3.26. The van der Waals surface area contributed by atoms with E-state index in [-0.39, 0.29) is 17.3 Å². The minimum atomic E-state index is -1.10. The monoisotopic (exact) mass is 410 g/mol. The van der Waals surface area contributed by atoms with Crippen LogP contribution in [0.15, 0.2) is 40.9 Å². The summed E-state index contributed by atoms with van der Waals surface area (Å²) in [6.45, 7) is 5.23. The molecule has 3 rings (SSSR count). The molecule has 8 nitrogen and oxygen atoms in total. The Morgan fingerprint density at radius 3 is 2.57 bits per heavy atom. The molecule has 0 amide bonds. The zero-order valence-corrected chi connectivity index (χ0v) is 17.1. The van der Waals surface area contributed by atoms with Crippen molar-refractivity contribution in [2.45, 2.75) is 20.8 Å². The van der Waals surface area contributed by atoms with Crippen LogP contribution in [0.5, 0.6) is 11.5 Å². The Hall–Kier alpha value is -3.81. The Morgan fingerprint density at radius 1 is 1.17 bits per heavy atom. The molecule has 0 saturated heterocycles. The molecular formula is C22H22N2O6. The van der Waals surface area contributed by atoms with E-state index in [1.165, 1.54) is 25.3 Å². The van der Waals surface area contributed by atoms with E-state index >= 15 is 0 Å². The number of carboxylic acids is 1. The fourth-order valence-electron chi connectivity index (χ4n) is 3.11. The van der Waals surface area contributed by atoms with Gasteiger partial charge in [0.2, 0.25) is 0 Å². The van der Waals surface area contributed by atoms with Gasteiger partial charge in [-0.1, -0.05) is 5.16 Å². The molecule has 156 valence electrons. The summed E-state index contributed by atoms with van der Waals surface area (Å²) in [5, 5.41) is 12.8. The van der Waals surface area contributed by atoms with Gasteiger partial charge in [-0.25, -0.2) is 4.79 Å². The normalized spacial score (nSPS) is 11.1. The van der Waals surface area contributed by atoms with Crippen molar-refractivity contribution in [3.8, 4) is 17.3 Å². The van der Waals surface area contributed by atoms with Crippen LogP contribution in [0, 0.1) is 20.8 Å². The molecule has 2 aromatic heterocycles. The summed E-state index contributed by atoms with van der Waals surface area (Å²) in [7, 11) is 1.42. The molecule has 0 saturated carbocycles. The maximum atomic E-state index is 12.6. The summed E-state index contributed by atoms with van der Waals surface area (Å²) in [6, 6.07) is 8.41. The molecule has 0 aliphatic heterocycles. The molecule has 0 unspecified atom stereocenters. The Balaban J connectivity index is 1.81. The smallest absolute Gasteiger partial charge is 0.341 e. The first-order chi connectivity index (χ1) is 14.3. The maximum Gasteiger partial charge on any atom is 0.341 e. The largest absolute Gasteiger partial charge is 0.493 e. The van der Waals surface area contributed by atoms with E-state index < -0.39 is 12.6 Å². The SMILES string of the molecule is COc1cc(C(=O)/C=C/c2cc(C)n(-c3cc(C)on3)c2C)ccc1OCC(=O)O. The predicted octanol–water partition coefficient (Wildman–Crippen LogP) is 3.76. The van der Waals surface area contributed by atoms with Crippen molar-refractivity contribution >= 4 is 17.8 Å². The minimum Gasteiger partial charge on any atom is -0.493 e. The number of nitrogens with zero attached hydrogens (tertiary/aromatic N) is 2. The number of carbonyl (C=O) groups is 2. The predicted molar refractivity (Wildman–Crippen MR) is 110 cm³/mol. The molecule has 3 aromatic rings. The number of carbonyl (C=O) groups excluding carboxylic acids is 1. The van der Waals surface area contributed by atoms with Crippen LogP contribution in [0.4, 0.5) is 0 Å². The van der Waals surface area contributed by atoms with Crippen LogP contribution in [-0.2, 0) is 4.79 Å². The molecule has 0 bridgehead atoms. The number of hydrogen-bond acceptors (Lipinski definition) is 6. The summed E-state index contributed by atoms with van der Waals surface area (Å²) < 4.78 is 17.5. The van der Waals surface area contributed by atoms with Crippen molar-refractivity contribution in [3.63, 3.8) is 0 Å². The standard InChI is InChI=1S/C22H22N2O6/c1-13-9-16(15(3)24(13)21-10-14(2)30-23-21)5-7-18(25)17-6-8-19(20(11-17)28-4)29-12-22(26)27/h5-11H,12H2,1-4H3,(H,26,27)/b7-5+. The third kappa shape index (κ3) is 4.43. The molecule has 1 N–H and O–H groups in total. The quantitative estimate of drug-likeness (QED) is 0.445. The van der Waals surface area contributed by atoms with Crippen LogP contribution in [-0.4, -0.2) is 40.3 Å². The highest BCUT2D eigenvalue weighted by atomic mass is 16.5. The fraction of sp³-hybridized carbons (Fsp3) is 0.227. The lowest BCUT2D eigenvalue weighted by Gasteiger charge is -2.10. The van der Waals surface area contributed by atoms with E-state index in [2.05, 4.69) is 5.16 Å². The molecule has 0 radical (unpaired) electrons. The van der Waals surface area contributed by atoms with Gasteiger partial charge in [0.05, 0.1) is 7.11 Å². The number of aryl methyl sites for hydroxylation is 2. The van der Waals surface area contributed by atoms with Crippen LogP contribution in [0.25, 0.3) is 11.9 Å². The van der Waals surface area contributed by atoms with Gasteiger partial charge in [0, 0.05) is 23.0 Å². The van der Waals surface area contributed by atoms with Crippen molar-refractivity contribution in [1.29, 1.82) is 0 Å². The highest BCUT2D eigenvalue weighted by Gasteiger charge is 2.14. The number of methoxy groups -OCH3 is 1. The molecule has 30 heavy (non-hydrogen) atoms. The number of ether oxygens (including phenoxy) is 2. The van der Waals surface area contributed by atoms with Gasteiger partial charge in [-0.15, -0.1) is 0 Å². The van der Waals surface area contributed by atoms with Gasteiger partial charge in [0.1, 0.15) is 5.76 Å². The van der Waals surface area contributed by atoms with Crippen molar-refractivity contribution in [1.82, 2.24) is 9.72 Å². The second kappa shape index (κ2) is 8.69. The topological polar surface area (TPSA) is 104 Å². The number of aliphatic carboxylic acids is 1. The second-order valence-electron chi connectivity index (χ2n) is 6.70. The molecule has 1 aromatic carbocycles. The van der Waals surface area contributed by atoms with Gasteiger partial charge in [-0.05, 0) is 62.8 Å². The first-order valence-electron chi connectivity index (χ1n) is 9.18. The van der Waals surface area contributed by atoms with Crippen molar-refractivity contribution < 1.29 is 28.7 Å². The summed E-state index contributed by atoms with van der Waals surface area (Å²) in [5.41, 5.74) is 3.18. The average molecular weight is 410 g/mol. The van der Waals surface area contributed by atoms with Gasteiger partial charge in [-0.2, -0.15) is 0 Å². The van der Waals surface area contributed by atoms with E-state index in [4.69, 9.17) is 19.1 Å². The van der Waals surface area contributed by atoms with Crippen molar-refractivity contribution in [2.75, 3.05) is 13.7 Å². The molecular weight excluding hydrogens is 388 g/mol. The zero-order valence-electron chi connectivity index (χ0n) is 17.1. The van der Waals surface area contributed by atoms with Gasteiger partial charge in [0.15, 0.2) is 29.7 Å². The van der Waals surface area contributed by atoms with Crippen LogP contribution in [0.3, 0.4) is 0 Å². The first-order valence-corrected chi connectivity index (χ1v) is 9.18. The van der Waals surface area contributed by atoms with Gasteiger partial charge in [-0.3, -0.25) is 9.36 Å². The number of aromatic nitrogens is 2. The minimum absolute atomic E-state index is 0.222. The third-order valence-electron chi connectivity index (χ3n) is 4.53. The highest BCUT2D eigenvalue weighted by Crippen LogP contribution is 2.28. The van der Waals surface area contributed by atoms with E-state index in [1.807, 2.05) is 37.5 Å². The fourth-order valence-corrected chi connectivity index (χ4v) is 3.11. The number of carboxylic acid groups (broad SMARTS) is 1. The van der Waals surface area contributed by atoms with Crippen molar-refractivity contribution in [2.24, 2.45) is 0 Å². The van der Waals surface area contributed by atoms with Crippen LogP contribution < -0.4 is 9.47 Å². The number of ketones is 1. The molecule has 0 atom stereocenters. The Bertz CT molecular complexity index is 1120. The molecule has 0 aliphatic rings. The van der Waals surface area contributed by atoms with E-state index in [0.29, 0.717) is 11.4 Å². The number of allylic oxidation sites excluding steroid dienone is 1. The van der Waals surface area contributed by atoms with Crippen molar-refractivity contribution in [3.05, 3.63) is 64.7 Å². The van der Waals surface area contributed by atoms with Crippen LogP contribution >= 0.6 is 0 Å². The van der Waals surface area contributed by atoms with Crippen LogP contribution in [0.2, 0.25) is 0 Å². The number of benzene rings is 1.